The third-order valence-corrected chi connectivity index (χ3v) is 6.31. The van der Waals surface area contributed by atoms with Crippen LogP contribution in [0.3, 0.4) is 0 Å². The van der Waals surface area contributed by atoms with Crippen molar-refractivity contribution in [3.8, 4) is 5.75 Å². The molecule has 0 unspecified atom stereocenters. The highest BCUT2D eigenvalue weighted by atomic mass is 35.5. The lowest BCUT2D eigenvalue weighted by Crippen LogP contribution is -2.24. The first-order chi connectivity index (χ1) is 15.5. The summed E-state index contributed by atoms with van der Waals surface area (Å²) in [4.78, 5) is 12.3. The average molecular weight is 499 g/mol. The second kappa shape index (κ2) is 9.82. The molecule has 0 aromatic heterocycles. The molecule has 3 aromatic rings. The molecule has 0 saturated carbocycles. The third kappa shape index (κ3) is 6.04. The minimum absolute atomic E-state index is 0.00189. The zero-order valence-corrected chi connectivity index (χ0v) is 18.7. The predicted octanol–water partition coefficient (Wildman–Crippen LogP) is 5.10. The van der Waals surface area contributed by atoms with Crippen molar-refractivity contribution >= 4 is 33.2 Å². The van der Waals surface area contributed by atoms with E-state index in [4.69, 9.17) is 16.3 Å². The quantitative estimate of drug-likeness (QED) is 0.475. The molecular weight excluding hydrogens is 481 g/mol. The number of anilines is 1. The van der Waals surface area contributed by atoms with E-state index in [1.807, 2.05) is 0 Å². The summed E-state index contributed by atoms with van der Waals surface area (Å²) in [6, 6.07) is 15.4. The van der Waals surface area contributed by atoms with Crippen LogP contribution in [0.5, 0.6) is 5.75 Å². The number of hydrogen-bond donors (Lipinski definition) is 2. The van der Waals surface area contributed by atoms with Crippen molar-refractivity contribution < 1.29 is 31.1 Å². The molecule has 0 bridgehead atoms. The van der Waals surface area contributed by atoms with Crippen LogP contribution in [0.1, 0.15) is 21.5 Å². The van der Waals surface area contributed by atoms with Gasteiger partial charge in [0, 0.05) is 17.8 Å². The van der Waals surface area contributed by atoms with E-state index >= 15 is 0 Å². The molecule has 6 nitrogen and oxygen atoms in total. The van der Waals surface area contributed by atoms with Crippen molar-refractivity contribution in [3.63, 3.8) is 0 Å². The fourth-order valence-corrected chi connectivity index (χ4v) is 4.34. The van der Waals surface area contributed by atoms with E-state index in [9.17, 15) is 26.4 Å². The molecule has 0 saturated heterocycles. The van der Waals surface area contributed by atoms with Crippen LogP contribution in [-0.2, 0) is 22.7 Å². The first kappa shape index (κ1) is 24.6. The number of alkyl halides is 3. The first-order valence-electron chi connectivity index (χ1n) is 9.41. The Labute approximate surface area is 193 Å². The maximum Gasteiger partial charge on any atom is 0.417 e. The Balaban J connectivity index is 1.86. The molecular formula is C22H18ClF3N2O4S. The molecule has 1 amide bonds. The van der Waals surface area contributed by atoms with Crippen molar-refractivity contribution in [1.29, 1.82) is 0 Å². The monoisotopic (exact) mass is 498 g/mol. The van der Waals surface area contributed by atoms with Crippen LogP contribution >= 0.6 is 11.6 Å². The first-order valence-corrected chi connectivity index (χ1v) is 11.3. The molecule has 3 aromatic carbocycles. The molecule has 0 aliphatic heterocycles. The summed E-state index contributed by atoms with van der Waals surface area (Å²) in [7, 11) is -2.81. The summed E-state index contributed by atoms with van der Waals surface area (Å²) in [5, 5.41) is 1.81. The molecule has 33 heavy (non-hydrogen) atoms. The number of carbonyl (C=O) groups is 1. The number of benzene rings is 3. The zero-order valence-electron chi connectivity index (χ0n) is 17.1. The van der Waals surface area contributed by atoms with Gasteiger partial charge in [-0.3, -0.25) is 4.79 Å². The third-order valence-electron chi connectivity index (χ3n) is 4.55. The van der Waals surface area contributed by atoms with Crippen LogP contribution in [0, 0.1) is 0 Å². The highest BCUT2D eigenvalue weighted by molar-refractivity contribution is 7.89. The summed E-state index contributed by atoms with van der Waals surface area (Å²) >= 11 is 5.59. The van der Waals surface area contributed by atoms with Gasteiger partial charge in [0.2, 0.25) is 10.0 Å². The minimum atomic E-state index is -4.70. The summed E-state index contributed by atoms with van der Waals surface area (Å²) in [5.74, 6) is -0.814. The van der Waals surface area contributed by atoms with E-state index in [1.165, 1.54) is 25.3 Å². The lowest BCUT2D eigenvalue weighted by molar-refractivity contribution is -0.137. The highest BCUT2D eigenvalue weighted by Gasteiger charge is 2.33. The summed E-state index contributed by atoms with van der Waals surface area (Å²) in [6.45, 7) is 0.00768. The fourth-order valence-electron chi connectivity index (χ4n) is 2.90. The van der Waals surface area contributed by atoms with Crippen LogP contribution < -0.4 is 14.8 Å². The number of methoxy groups -OCH3 is 1. The second-order valence-electron chi connectivity index (χ2n) is 6.82. The number of hydrogen-bond acceptors (Lipinski definition) is 4. The van der Waals surface area contributed by atoms with Gasteiger partial charge >= 0.3 is 6.18 Å². The van der Waals surface area contributed by atoms with E-state index < -0.39 is 32.7 Å². The molecule has 0 aliphatic rings. The molecule has 174 valence electrons. The van der Waals surface area contributed by atoms with Crippen molar-refractivity contribution in [3.05, 3.63) is 88.4 Å². The van der Waals surface area contributed by atoms with Gasteiger partial charge in [-0.2, -0.15) is 13.2 Å². The summed E-state index contributed by atoms with van der Waals surface area (Å²) < 4.78 is 72.4. The van der Waals surface area contributed by atoms with Gasteiger partial charge in [-0.15, -0.1) is 0 Å². The second-order valence-corrected chi connectivity index (χ2v) is 8.96. The number of carbonyl (C=O) groups excluding carboxylic acids is 1. The Morgan fingerprint density at radius 2 is 1.73 bits per heavy atom. The van der Waals surface area contributed by atoms with Gasteiger partial charge in [0.25, 0.3) is 5.91 Å². The highest BCUT2D eigenvalue weighted by Crippen LogP contribution is 2.36. The molecule has 0 spiro atoms. The Morgan fingerprint density at radius 3 is 2.36 bits per heavy atom. The van der Waals surface area contributed by atoms with Crippen LogP contribution in [-0.4, -0.2) is 21.4 Å². The van der Waals surface area contributed by atoms with Gasteiger partial charge in [-0.05, 0) is 42.0 Å². The molecule has 0 fully saturated rings. The smallest absolute Gasteiger partial charge is 0.417 e. The molecule has 0 heterocycles. The maximum absolute atomic E-state index is 13.1. The predicted molar refractivity (Wildman–Crippen MR) is 118 cm³/mol. The van der Waals surface area contributed by atoms with E-state index in [-0.39, 0.29) is 28.4 Å². The number of amides is 1. The van der Waals surface area contributed by atoms with Gasteiger partial charge in [0.1, 0.15) is 10.6 Å². The number of halogens is 4. The van der Waals surface area contributed by atoms with E-state index in [0.29, 0.717) is 6.07 Å². The number of rotatable bonds is 7. The van der Waals surface area contributed by atoms with Crippen molar-refractivity contribution in [2.24, 2.45) is 0 Å². The topological polar surface area (TPSA) is 84.5 Å². The van der Waals surface area contributed by atoms with Crippen LogP contribution in [0.4, 0.5) is 18.9 Å². The molecule has 3 rings (SSSR count). The van der Waals surface area contributed by atoms with Crippen molar-refractivity contribution in [2.75, 3.05) is 12.4 Å². The Morgan fingerprint density at radius 1 is 1.03 bits per heavy atom. The van der Waals surface area contributed by atoms with E-state index in [2.05, 4.69) is 10.0 Å². The normalized spacial score (nSPS) is 11.8. The van der Waals surface area contributed by atoms with E-state index in [0.717, 1.165) is 17.7 Å². The standard InChI is InChI=1S/C22H18ClF3N2O4S/c1-32-19-10-7-15(11-20(19)33(30,31)27-13-14-5-3-2-4-6-14)21(29)28-16-8-9-18(23)17(12-16)22(24,25)26/h2-12,27H,13H2,1H3,(H,28,29). The number of ether oxygens (including phenoxy) is 1. The van der Waals surface area contributed by atoms with Gasteiger partial charge in [0.05, 0.1) is 17.7 Å². The molecule has 0 radical (unpaired) electrons. The molecule has 11 heteroatoms. The Kier molecular flexibility index (Phi) is 7.31. The van der Waals surface area contributed by atoms with Gasteiger partial charge in [-0.1, -0.05) is 41.9 Å². The molecule has 2 N–H and O–H groups in total. The SMILES string of the molecule is COc1ccc(C(=O)Nc2ccc(Cl)c(C(F)(F)F)c2)cc1S(=O)(=O)NCc1ccccc1. The Hall–Kier alpha value is -3.08. The van der Waals surface area contributed by atoms with Gasteiger partial charge < -0.3 is 10.1 Å². The largest absolute Gasteiger partial charge is 0.495 e. The van der Waals surface area contributed by atoms with Crippen molar-refractivity contribution in [2.45, 2.75) is 17.6 Å². The summed E-state index contributed by atoms with van der Waals surface area (Å²) in [6.07, 6.45) is -4.70. The van der Waals surface area contributed by atoms with Gasteiger partial charge in [0.15, 0.2) is 0 Å². The minimum Gasteiger partial charge on any atom is -0.495 e. The van der Waals surface area contributed by atoms with Crippen LogP contribution in [0.15, 0.2) is 71.6 Å². The van der Waals surface area contributed by atoms with Crippen LogP contribution in [0.2, 0.25) is 5.02 Å². The number of sulfonamides is 1. The van der Waals surface area contributed by atoms with E-state index in [1.54, 1.807) is 30.3 Å². The van der Waals surface area contributed by atoms with Crippen molar-refractivity contribution in [1.82, 2.24) is 4.72 Å². The Bertz CT molecular complexity index is 1270. The maximum atomic E-state index is 13.1. The summed E-state index contributed by atoms with van der Waals surface area (Å²) in [5.41, 5.74) is -0.638. The number of nitrogens with one attached hydrogen (secondary N) is 2. The average Bonchev–Trinajstić information content (AvgIpc) is 2.78. The van der Waals surface area contributed by atoms with Gasteiger partial charge in [-0.25, -0.2) is 13.1 Å². The lowest BCUT2D eigenvalue weighted by atomic mass is 10.1. The molecule has 0 aliphatic carbocycles. The lowest BCUT2D eigenvalue weighted by Gasteiger charge is -2.14. The molecule has 0 atom stereocenters. The van der Waals surface area contributed by atoms with Crippen LogP contribution in [0.25, 0.3) is 0 Å². The fraction of sp³-hybridized carbons (Fsp3) is 0.136. The zero-order chi connectivity index (χ0) is 24.2.